The van der Waals surface area contributed by atoms with E-state index in [2.05, 4.69) is 4.72 Å². The largest absolute Gasteiger partial charge is 0.212 e. The van der Waals surface area contributed by atoms with E-state index in [1.165, 1.54) is 0 Å². The van der Waals surface area contributed by atoms with E-state index in [4.69, 9.17) is 11.6 Å². The molecule has 1 aliphatic heterocycles. The predicted octanol–water partition coefficient (Wildman–Crippen LogP) is -0.0831. The van der Waals surface area contributed by atoms with Crippen LogP contribution in [0, 0.1) is 0 Å². The Morgan fingerprint density at radius 2 is 2.33 bits per heavy atom. The van der Waals surface area contributed by atoms with Gasteiger partial charge in [-0.25, -0.2) is 13.1 Å². The van der Waals surface area contributed by atoms with Gasteiger partial charge in [0.15, 0.2) is 0 Å². The van der Waals surface area contributed by atoms with E-state index in [9.17, 15) is 8.42 Å². The molecule has 0 bridgehead atoms. The molecular weight excluding hydrogens is 162 g/mol. The van der Waals surface area contributed by atoms with Crippen LogP contribution in [-0.4, -0.2) is 26.1 Å². The van der Waals surface area contributed by atoms with Crippen LogP contribution < -0.4 is 4.72 Å². The summed E-state index contributed by atoms with van der Waals surface area (Å²) in [5.41, 5.74) is 0. The van der Waals surface area contributed by atoms with Crippen LogP contribution >= 0.6 is 11.6 Å². The minimum atomic E-state index is -2.94. The van der Waals surface area contributed by atoms with Crippen LogP contribution in [0.2, 0.25) is 0 Å². The van der Waals surface area contributed by atoms with Gasteiger partial charge in [-0.05, 0) is 6.42 Å². The minimum absolute atomic E-state index is 0.0309. The Balaban J connectivity index is 2.58. The van der Waals surface area contributed by atoms with Gasteiger partial charge in [-0.15, -0.1) is 11.6 Å². The van der Waals surface area contributed by atoms with Gasteiger partial charge >= 0.3 is 0 Å². The molecule has 1 N–H and O–H groups in total. The molecule has 1 heterocycles. The Morgan fingerprint density at radius 3 is 2.56 bits per heavy atom. The van der Waals surface area contributed by atoms with Gasteiger partial charge < -0.3 is 0 Å². The van der Waals surface area contributed by atoms with Crippen molar-refractivity contribution in [3.8, 4) is 0 Å². The van der Waals surface area contributed by atoms with E-state index in [0.29, 0.717) is 12.3 Å². The maximum absolute atomic E-state index is 10.6. The molecule has 0 saturated carbocycles. The fourth-order valence-electron chi connectivity index (χ4n) is 0.778. The highest BCUT2D eigenvalue weighted by Crippen LogP contribution is 2.07. The van der Waals surface area contributed by atoms with E-state index >= 15 is 0 Å². The fraction of sp³-hybridized carbons (Fsp3) is 1.00. The first-order valence-electron chi connectivity index (χ1n) is 2.70. The maximum atomic E-state index is 10.6. The first-order chi connectivity index (χ1) is 4.14. The molecule has 0 spiro atoms. The zero-order valence-corrected chi connectivity index (χ0v) is 6.37. The van der Waals surface area contributed by atoms with Crippen LogP contribution in [0.4, 0.5) is 0 Å². The van der Waals surface area contributed by atoms with Crippen molar-refractivity contribution in [2.75, 3.05) is 11.6 Å². The maximum Gasteiger partial charge on any atom is 0.211 e. The standard InChI is InChI=1S/C4H8ClNO2S/c5-3-4-1-2-9(7,8)6-4/h4,6H,1-3H2. The van der Waals surface area contributed by atoms with Gasteiger partial charge in [-0.1, -0.05) is 0 Å². The summed E-state index contributed by atoms with van der Waals surface area (Å²) in [6.07, 6.45) is 0.645. The van der Waals surface area contributed by atoms with Crippen LogP contribution in [-0.2, 0) is 10.0 Å². The van der Waals surface area contributed by atoms with E-state index < -0.39 is 10.0 Å². The molecule has 0 aromatic heterocycles. The predicted molar refractivity (Wildman–Crippen MR) is 36.0 cm³/mol. The highest BCUT2D eigenvalue weighted by Gasteiger charge is 2.25. The van der Waals surface area contributed by atoms with Crippen molar-refractivity contribution in [3.63, 3.8) is 0 Å². The molecule has 0 aromatic rings. The van der Waals surface area contributed by atoms with Crippen LogP contribution in [0.15, 0.2) is 0 Å². The number of hydrogen-bond acceptors (Lipinski definition) is 2. The third-order valence-corrected chi connectivity index (χ3v) is 3.11. The molecule has 0 radical (unpaired) electrons. The van der Waals surface area contributed by atoms with E-state index in [0.717, 1.165) is 0 Å². The Hall–Kier alpha value is 0.200. The number of rotatable bonds is 1. The third kappa shape index (κ3) is 1.81. The summed E-state index contributed by atoms with van der Waals surface area (Å²) < 4.78 is 23.7. The first kappa shape index (κ1) is 7.31. The minimum Gasteiger partial charge on any atom is -0.212 e. The molecular formula is C4H8ClNO2S. The van der Waals surface area contributed by atoms with Crippen molar-refractivity contribution < 1.29 is 8.42 Å². The Kier molecular flexibility index (Phi) is 1.98. The topological polar surface area (TPSA) is 46.2 Å². The van der Waals surface area contributed by atoms with Crippen molar-refractivity contribution in [1.29, 1.82) is 0 Å². The molecule has 0 aliphatic carbocycles. The average Bonchev–Trinajstić information content (AvgIpc) is 2.10. The summed E-state index contributed by atoms with van der Waals surface area (Å²) in [5.74, 6) is 0.601. The average molecular weight is 170 g/mol. The third-order valence-electron chi connectivity index (χ3n) is 1.27. The molecule has 3 nitrogen and oxygen atoms in total. The monoisotopic (exact) mass is 169 g/mol. The summed E-state index contributed by atoms with van der Waals surface area (Å²) >= 11 is 5.41. The second kappa shape index (κ2) is 2.44. The number of nitrogens with one attached hydrogen (secondary N) is 1. The molecule has 1 unspecified atom stereocenters. The molecule has 5 heteroatoms. The Bertz CT molecular complexity index is 189. The lowest BCUT2D eigenvalue weighted by atomic mass is 10.3. The summed E-state index contributed by atoms with van der Waals surface area (Å²) in [4.78, 5) is 0. The SMILES string of the molecule is O=S1(=O)CCC(CCl)N1. The second-order valence-corrected chi connectivity index (χ2v) is 4.26. The van der Waals surface area contributed by atoms with E-state index in [-0.39, 0.29) is 11.8 Å². The molecule has 1 saturated heterocycles. The van der Waals surface area contributed by atoms with Gasteiger partial charge in [-0.2, -0.15) is 0 Å². The second-order valence-electron chi connectivity index (χ2n) is 2.08. The zero-order valence-electron chi connectivity index (χ0n) is 4.80. The molecule has 1 aliphatic rings. The van der Waals surface area contributed by atoms with Crippen molar-refractivity contribution in [2.24, 2.45) is 0 Å². The van der Waals surface area contributed by atoms with Gasteiger partial charge in [0.1, 0.15) is 0 Å². The van der Waals surface area contributed by atoms with Crippen molar-refractivity contribution in [3.05, 3.63) is 0 Å². The van der Waals surface area contributed by atoms with Gasteiger partial charge in [0, 0.05) is 11.9 Å². The Labute approximate surface area is 59.4 Å². The van der Waals surface area contributed by atoms with E-state index in [1.54, 1.807) is 0 Å². The first-order valence-corrected chi connectivity index (χ1v) is 4.89. The molecule has 1 rings (SSSR count). The summed E-state index contributed by atoms with van der Waals surface area (Å²) in [7, 11) is -2.94. The van der Waals surface area contributed by atoms with Gasteiger partial charge in [0.05, 0.1) is 5.75 Å². The van der Waals surface area contributed by atoms with Gasteiger partial charge in [0.2, 0.25) is 10.0 Å². The lowest BCUT2D eigenvalue weighted by Gasteiger charge is -1.99. The highest BCUT2D eigenvalue weighted by molar-refractivity contribution is 7.89. The quantitative estimate of drug-likeness (QED) is 0.558. The van der Waals surface area contributed by atoms with Gasteiger partial charge in [0.25, 0.3) is 0 Å². The zero-order chi connectivity index (χ0) is 6.91. The fourth-order valence-corrected chi connectivity index (χ4v) is 2.52. The summed E-state index contributed by atoms with van der Waals surface area (Å²) in [5, 5.41) is 0. The molecule has 1 atom stereocenters. The smallest absolute Gasteiger partial charge is 0.211 e. The van der Waals surface area contributed by atoms with Crippen molar-refractivity contribution in [1.82, 2.24) is 4.72 Å². The summed E-state index contributed by atoms with van der Waals surface area (Å²) in [6, 6.07) is -0.0309. The van der Waals surface area contributed by atoms with Crippen LogP contribution in [0.5, 0.6) is 0 Å². The number of alkyl halides is 1. The molecule has 0 amide bonds. The lowest BCUT2D eigenvalue weighted by Crippen LogP contribution is -2.26. The normalized spacial score (nSPS) is 32.8. The van der Waals surface area contributed by atoms with Crippen molar-refractivity contribution >= 4 is 21.6 Å². The van der Waals surface area contributed by atoms with Crippen LogP contribution in [0.1, 0.15) is 6.42 Å². The molecule has 9 heavy (non-hydrogen) atoms. The van der Waals surface area contributed by atoms with Gasteiger partial charge in [-0.3, -0.25) is 0 Å². The molecule has 1 fully saturated rings. The summed E-state index contributed by atoms with van der Waals surface area (Å²) in [6.45, 7) is 0. The van der Waals surface area contributed by atoms with Crippen LogP contribution in [0.3, 0.4) is 0 Å². The molecule has 54 valence electrons. The van der Waals surface area contributed by atoms with Crippen LogP contribution in [0.25, 0.3) is 0 Å². The highest BCUT2D eigenvalue weighted by atomic mass is 35.5. The Morgan fingerprint density at radius 1 is 1.67 bits per heavy atom. The number of sulfonamides is 1. The number of hydrogen-bond donors (Lipinski definition) is 1. The van der Waals surface area contributed by atoms with Crippen molar-refractivity contribution in [2.45, 2.75) is 12.5 Å². The molecule has 0 aromatic carbocycles. The number of halogens is 1. The lowest BCUT2D eigenvalue weighted by molar-refractivity contribution is 0.588. The van der Waals surface area contributed by atoms with E-state index in [1.807, 2.05) is 0 Å².